The van der Waals surface area contributed by atoms with Crippen LogP contribution in [-0.4, -0.2) is 24.5 Å². The summed E-state index contributed by atoms with van der Waals surface area (Å²) >= 11 is 0. The number of hydrogen-bond acceptors (Lipinski definition) is 3. The van der Waals surface area contributed by atoms with Crippen LogP contribution >= 0.6 is 0 Å². The molecule has 0 aliphatic carbocycles. The number of ketones is 1. The van der Waals surface area contributed by atoms with E-state index in [4.69, 9.17) is 4.74 Å². The lowest BCUT2D eigenvalue weighted by atomic mass is 10.1. The number of Topliss-reactive ketones (excluding diaryl/α,β-unsaturated/α-hetero) is 1. The summed E-state index contributed by atoms with van der Waals surface area (Å²) in [6.07, 6.45) is 2.31. The van der Waals surface area contributed by atoms with Crippen LogP contribution in [0.5, 0.6) is 0 Å². The highest BCUT2D eigenvalue weighted by atomic mass is 16.6. The van der Waals surface area contributed by atoms with Gasteiger partial charge in [0.1, 0.15) is 6.10 Å². The van der Waals surface area contributed by atoms with Gasteiger partial charge in [-0.2, -0.15) is 0 Å². The van der Waals surface area contributed by atoms with Crippen molar-refractivity contribution >= 4 is 11.9 Å². The third kappa shape index (κ3) is 6.22. The Balaban J connectivity index is 3.74. The van der Waals surface area contributed by atoms with Crippen molar-refractivity contribution in [3.63, 3.8) is 0 Å². The van der Waals surface area contributed by atoms with Crippen LogP contribution in [0.15, 0.2) is 11.6 Å². The summed E-state index contributed by atoms with van der Waals surface area (Å²) in [5, 5.41) is 2.55. The fourth-order valence-electron chi connectivity index (χ4n) is 0.944. The third-order valence-corrected chi connectivity index (χ3v) is 2.38. The summed E-state index contributed by atoms with van der Waals surface area (Å²) in [7, 11) is 0. The molecule has 16 heavy (non-hydrogen) atoms. The molecule has 4 nitrogen and oxygen atoms in total. The number of rotatable bonds is 6. The Kier molecular flexibility index (Phi) is 7.25. The van der Waals surface area contributed by atoms with Crippen LogP contribution < -0.4 is 5.32 Å². The minimum Gasteiger partial charge on any atom is -0.447 e. The summed E-state index contributed by atoms with van der Waals surface area (Å²) < 4.78 is 4.99. The van der Waals surface area contributed by atoms with E-state index in [0.29, 0.717) is 13.0 Å². The van der Waals surface area contributed by atoms with Gasteiger partial charge in [-0.05, 0) is 32.8 Å². The first-order valence-corrected chi connectivity index (χ1v) is 5.61. The Morgan fingerprint density at radius 3 is 2.56 bits per heavy atom. The van der Waals surface area contributed by atoms with Gasteiger partial charge in [0.2, 0.25) is 0 Å². The zero-order chi connectivity index (χ0) is 12.6. The average Bonchev–Trinajstić information content (AvgIpc) is 2.27. The highest BCUT2D eigenvalue weighted by molar-refractivity contribution is 5.94. The predicted molar refractivity (Wildman–Crippen MR) is 63.3 cm³/mol. The molecule has 0 fully saturated rings. The second-order valence-electron chi connectivity index (χ2n) is 3.70. The highest BCUT2D eigenvalue weighted by Crippen LogP contribution is 1.98. The van der Waals surface area contributed by atoms with Gasteiger partial charge in [-0.3, -0.25) is 4.79 Å². The van der Waals surface area contributed by atoms with E-state index in [2.05, 4.69) is 5.32 Å². The summed E-state index contributed by atoms with van der Waals surface area (Å²) in [5.74, 6) is 0.0475. The van der Waals surface area contributed by atoms with E-state index < -0.39 is 6.09 Å². The molecular formula is C12H21NO3. The largest absolute Gasteiger partial charge is 0.447 e. The molecule has 0 aromatic rings. The smallest absolute Gasteiger partial charge is 0.407 e. The van der Waals surface area contributed by atoms with E-state index in [9.17, 15) is 9.59 Å². The molecule has 92 valence electrons. The summed E-state index contributed by atoms with van der Waals surface area (Å²) in [6, 6.07) is 0. The van der Waals surface area contributed by atoms with E-state index in [1.165, 1.54) is 0 Å². The first-order chi connectivity index (χ1) is 7.51. The van der Waals surface area contributed by atoms with Crippen molar-refractivity contribution in [3.05, 3.63) is 11.6 Å². The van der Waals surface area contributed by atoms with Gasteiger partial charge in [0, 0.05) is 13.0 Å². The van der Waals surface area contributed by atoms with Crippen molar-refractivity contribution in [2.75, 3.05) is 6.54 Å². The van der Waals surface area contributed by atoms with E-state index >= 15 is 0 Å². The molecule has 0 spiro atoms. The van der Waals surface area contributed by atoms with Gasteiger partial charge >= 0.3 is 6.09 Å². The van der Waals surface area contributed by atoms with Crippen molar-refractivity contribution < 1.29 is 14.3 Å². The zero-order valence-electron chi connectivity index (χ0n) is 10.5. The number of allylic oxidation sites excluding steroid dienone is 2. The molecule has 4 heteroatoms. The molecule has 0 aliphatic heterocycles. The van der Waals surface area contributed by atoms with Crippen LogP contribution in [0.25, 0.3) is 0 Å². The first-order valence-electron chi connectivity index (χ1n) is 5.61. The molecule has 0 heterocycles. The standard InChI is InChI=1S/C12H21NO3/c1-5-9(3)11(14)7-8-13-12(15)16-10(4)6-2/h5,10H,6-8H2,1-4H3,(H,13,15)/b9-5+. The third-order valence-electron chi connectivity index (χ3n) is 2.38. The second-order valence-corrected chi connectivity index (χ2v) is 3.70. The second kappa shape index (κ2) is 7.91. The molecule has 1 atom stereocenters. The Labute approximate surface area is 97.1 Å². The Hall–Kier alpha value is -1.32. The van der Waals surface area contributed by atoms with Gasteiger partial charge in [0.15, 0.2) is 5.78 Å². The van der Waals surface area contributed by atoms with E-state index in [-0.39, 0.29) is 11.9 Å². The topological polar surface area (TPSA) is 55.4 Å². The fraction of sp³-hybridized carbons (Fsp3) is 0.667. The Bertz CT molecular complexity index is 271. The lowest BCUT2D eigenvalue weighted by Gasteiger charge is -2.11. The molecule has 0 aromatic heterocycles. The highest BCUT2D eigenvalue weighted by Gasteiger charge is 2.08. The minimum absolute atomic E-state index is 0.0475. The minimum atomic E-state index is -0.458. The SMILES string of the molecule is C/C=C(\C)C(=O)CCNC(=O)OC(C)CC. The van der Waals surface area contributed by atoms with Gasteiger partial charge in [-0.25, -0.2) is 4.79 Å². The maximum atomic E-state index is 11.4. The van der Waals surface area contributed by atoms with Crippen molar-refractivity contribution in [2.45, 2.75) is 46.6 Å². The number of alkyl carbamates (subject to hydrolysis) is 1. The van der Waals surface area contributed by atoms with Crippen LogP contribution in [-0.2, 0) is 9.53 Å². The average molecular weight is 227 g/mol. The summed E-state index contributed by atoms with van der Waals surface area (Å²) in [5.41, 5.74) is 0.720. The molecule has 0 aliphatic rings. The molecular weight excluding hydrogens is 206 g/mol. The zero-order valence-corrected chi connectivity index (χ0v) is 10.5. The Morgan fingerprint density at radius 2 is 2.06 bits per heavy atom. The lowest BCUT2D eigenvalue weighted by Crippen LogP contribution is -2.29. The molecule has 0 saturated heterocycles. The van der Waals surface area contributed by atoms with Crippen LogP contribution in [0.1, 0.15) is 40.5 Å². The summed E-state index contributed by atoms with van der Waals surface area (Å²) in [6.45, 7) is 7.67. The van der Waals surface area contributed by atoms with Gasteiger partial charge in [0.25, 0.3) is 0 Å². The molecule has 1 amide bonds. The van der Waals surface area contributed by atoms with Crippen LogP contribution in [0.4, 0.5) is 4.79 Å². The molecule has 0 rings (SSSR count). The molecule has 0 bridgehead atoms. The number of amides is 1. The van der Waals surface area contributed by atoms with E-state index in [1.54, 1.807) is 13.0 Å². The van der Waals surface area contributed by atoms with Gasteiger partial charge in [-0.15, -0.1) is 0 Å². The van der Waals surface area contributed by atoms with Crippen LogP contribution in [0.2, 0.25) is 0 Å². The number of hydrogen-bond donors (Lipinski definition) is 1. The molecule has 0 radical (unpaired) electrons. The van der Waals surface area contributed by atoms with Crippen LogP contribution in [0.3, 0.4) is 0 Å². The normalized spacial score (nSPS) is 13.1. The van der Waals surface area contributed by atoms with Gasteiger partial charge in [-0.1, -0.05) is 13.0 Å². The molecule has 0 saturated carbocycles. The maximum absolute atomic E-state index is 11.4. The predicted octanol–water partition coefficient (Wildman–Crippen LogP) is 2.44. The molecule has 0 aromatic carbocycles. The van der Waals surface area contributed by atoms with E-state index in [0.717, 1.165) is 12.0 Å². The number of carbonyl (C=O) groups is 2. The fourth-order valence-corrected chi connectivity index (χ4v) is 0.944. The van der Waals surface area contributed by atoms with Crippen molar-refractivity contribution in [3.8, 4) is 0 Å². The first kappa shape index (κ1) is 14.7. The van der Waals surface area contributed by atoms with Gasteiger partial charge < -0.3 is 10.1 Å². The maximum Gasteiger partial charge on any atom is 0.407 e. The van der Waals surface area contributed by atoms with Crippen LogP contribution in [0, 0.1) is 0 Å². The van der Waals surface area contributed by atoms with Gasteiger partial charge in [0.05, 0.1) is 0 Å². The quantitative estimate of drug-likeness (QED) is 0.709. The monoisotopic (exact) mass is 227 g/mol. The van der Waals surface area contributed by atoms with Crippen molar-refractivity contribution in [2.24, 2.45) is 0 Å². The summed E-state index contributed by atoms with van der Waals surface area (Å²) in [4.78, 5) is 22.5. The molecule has 1 unspecified atom stereocenters. The number of carbonyl (C=O) groups excluding carboxylic acids is 2. The van der Waals surface area contributed by atoms with Crippen molar-refractivity contribution in [1.82, 2.24) is 5.32 Å². The Morgan fingerprint density at radius 1 is 1.44 bits per heavy atom. The lowest BCUT2D eigenvalue weighted by molar-refractivity contribution is -0.115. The molecule has 1 N–H and O–H groups in total. The van der Waals surface area contributed by atoms with E-state index in [1.807, 2.05) is 20.8 Å². The number of nitrogens with one attached hydrogen (secondary N) is 1. The number of ether oxygens (including phenoxy) is 1. The van der Waals surface area contributed by atoms with Crippen molar-refractivity contribution in [1.29, 1.82) is 0 Å².